The molecule has 8 nitrogen and oxygen atoms in total. The second kappa shape index (κ2) is 6.55. The highest BCUT2D eigenvalue weighted by Gasteiger charge is 2.20. The number of nitrogens with one attached hydrogen (secondary N) is 1. The Morgan fingerprint density at radius 2 is 2.24 bits per heavy atom. The van der Waals surface area contributed by atoms with E-state index in [-0.39, 0.29) is 17.2 Å². The van der Waals surface area contributed by atoms with Gasteiger partial charge in [-0.15, -0.1) is 0 Å². The van der Waals surface area contributed by atoms with E-state index in [1.165, 1.54) is 18.5 Å². The predicted octanol–water partition coefficient (Wildman–Crippen LogP) is 0.571. The van der Waals surface area contributed by atoms with Gasteiger partial charge < -0.3 is 15.0 Å². The van der Waals surface area contributed by atoms with Crippen LogP contribution >= 0.6 is 0 Å². The second-order valence-corrected chi connectivity index (χ2v) is 5.86. The average molecular weight is 312 g/mol. The standard InChI is InChI=1S/C12H16N4O4S/c1-2-19-10-4-3-9(13)7-11(10)21(17,18)16-6-5-12-14-8-15-20-12/h3-4,7-8,16H,2,5-6,13H2,1H3. The van der Waals surface area contributed by atoms with Crippen LogP contribution in [-0.4, -0.2) is 31.7 Å². The van der Waals surface area contributed by atoms with Crippen LogP contribution in [0, 0.1) is 0 Å². The molecule has 0 aliphatic heterocycles. The third-order valence-corrected chi connectivity index (χ3v) is 4.08. The highest BCUT2D eigenvalue weighted by molar-refractivity contribution is 7.89. The molecule has 21 heavy (non-hydrogen) atoms. The molecule has 0 amide bonds. The van der Waals surface area contributed by atoms with Crippen molar-refractivity contribution in [2.75, 3.05) is 18.9 Å². The maximum Gasteiger partial charge on any atom is 0.244 e. The van der Waals surface area contributed by atoms with Crippen molar-refractivity contribution in [2.45, 2.75) is 18.2 Å². The summed E-state index contributed by atoms with van der Waals surface area (Å²) in [6, 6.07) is 4.48. The Bertz CT molecular complexity index is 685. The number of aromatic nitrogens is 2. The summed E-state index contributed by atoms with van der Waals surface area (Å²) in [5, 5.41) is 3.45. The van der Waals surface area contributed by atoms with Gasteiger partial charge in [-0.2, -0.15) is 4.98 Å². The fraction of sp³-hybridized carbons (Fsp3) is 0.333. The Labute approximate surface area is 122 Å². The van der Waals surface area contributed by atoms with E-state index in [9.17, 15) is 8.42 Å². The van der Waals surface area contributed by atoms with Crippen LogP contribution in [0.1, 0.15) is 12.8 Å². The Morgan fingerprint density at radius 3 is 2.90 bits per heavy atom. The first-order chi connectivity index (χ1) is 10.0. The molecule has 0 saturated heterocycles. The smallest absolute Gasteiger partial charge is 0.244 e. The highest BCUT2D eigenvalue weighted by atomic mass is 32.2. The normalized spacial score (nSPS) is 11.5. The minimum absolute atomic E-state index is 0.00915. The van der Waals surface area contributed by atoms with Crippen LogP contribution in [-0.2, 0) is 16.4 Å². The third-order valence-electron chi connectivity index (χ3n) is 2.60. The lowest BCUT2D eigenvalue weighted by molar-refractivity contribution is 0.331. The summed E-state index contributed by atoms with van der Waals surface area (Å²) in [6.07, 6.45) is 1.56. The van der Waals surface area contributed by atoms with E-state index < -0.39 is 10.0 Å². The lowest BCUT2D eigenvalue weighted by Crippen LogP contribution is -2.26. The van der Waals surface area contributed by atoms with E-state index in [2.05, 4.69) is 14.9 Å². The number of sulfonamides is 1. The molecule has 9 heteroatoms. The van der Waals surface area contributed by atoms with Crippen molar-refractivity contribution in [1.82, 2.24) is 14.9 Å². The van der Waals surface area contributed by atoms with Gasteiger partial charge in [0.05, 0.1) is 6.61 Å². The van der Waals surface area contributed by atoms with E-state index in [0.29, 0.717) is 24.6 Å². The van der Waals surface area contributed by atoms with E-state index in [1.54, 1.807) is 13.0 Å². The first kappa shape index (κ1) is 15.3. The largest absolute Gasteiger partial charge is 0.492 e. The van der Waals surface area contributed by atoms with Gasteiger partial charge in [0.15, 0.2) is 6.33 Å². The number of nitrogens with zero attached hydrogens (tertiary/aromatic N) is 2. The minimum Gasteiger partial charge on any atom is -0.492 e. The van der Waals surface area contributed by atoms with Crippen molar-refractivity contribution >= 4 is 15.7 Å². The highest BCUT2D eigenvalue weighted by Crippen LogP contribution is 2.26. The van der Waals surface area contributed by atoms with Gasteiger partial charge in [-0.25, -0.2) is 13.1 Å². The molecule has 0 atom stereocenters. The number of nitrogen functional groups attached to an aromatic ring is 1. The lowest BCUT2D eigenvalue weighted by Gasteiger charge is -2.12. The Balaban J connectivity index is 2.12. The number of hydrogen-bond acceptors (Lipinski definition) is 7. The zero-order valence-corrected chi connectivity index (χ0v) is 12.3. The van der Waals surface area contributed by atoms with Gasteiger partial charge in [-0.05, 0) is 25.1 Å². The average Bonchev–Trinajstić information content (AvgIpc) is 2.94. The van der Waals surface area contributed by atoms with Crippen LogP contribution in [0.2, 0.25) is 0 Å². The molecular formula is C12H16N4O4S. The van der Waals surface area contributed by atoms with Crippen LogP contribution in [0.5, 0.6) is 5.75 Å². The van der Waals surface area contributed by atoms with Gasteiger partial charge in [0.2, 0.25) is 15.9 Å². The number of hydrogen-bond donors (Lipinski definition) is 2. The molecule has 1 heterocycles. The van der Waals surface area contributed by atoms with Crippen LogP contribution in [0.4, 0.5) is 5.69 Å². The van der Waals surface area contributed by atoms with E-state index in [0.717, 1.165) is 0 Å². The Morgan fingerprint density at radius 1 is 1.43 bits per heavy atom. The topological polar surface area (TPSA) is 120 Å². The van der Waals surface area contributed by atoms with Crippen LogP contribution in [0.25, 0.3) is 0 Å². The minimum atomic E-state index is -3.73. The number of ether oxygens (including phenoxy) is 1. The molecule has 1 aromatic heterocycles. The number of rotatable bonds is 7. The molecule has 0 aliphatic rings. The van der Waals surface area contributed by atoms with Gasteiger partial charge in [0, 0.05) is 18.7 Å². The maximum atomic E-state index is 12.3. The Hall–Kier alpha value is -2.13. The summed E-state index contributed by atoms with van der Waals surface area (Å²) < 4.78 is 37.1. The molecule has 0 aliphatic carbocycles. The maximum absolute atomic E-state index is 12.3. The van der Waals surface area contributed by atoms with Crippen molar-refractivity contribution in [3.8, 4) is 5.75 Å². The van der Waals surface area contributed by atoms with Crippen LogP contribution in [0.3, 0.4) is 0 Å². The van der Waals surface area contributed by atoms with E-state index in [4.69, 9.17) is 15.0 Å². The number of nitrogens with two attached hydrogens (primary N) is 1. The van der Waals surface area contributed by atoms with Gasteiger partial charge in [0.25, 0.3) is 0 Å². The zero-order valence-electron chi connectivity index (χ0n) is 11.4. The summed E-state index contributed by atoms with van der Waals surface area (Å²) in [5.74, 6) is 0.618. The first-order valence-electron chi connectivity index (χ1n) is 6.30. The molecule has 0 unspecified atom stereocenters. The summed E-state index contributed by atoms with van der Waals surface area (Å²) in [5.41, 5.74) is 5.99. The van der Waals surface area contributed by atoms with Crippen molar-refractivity contribution in [1.29, 1.82) is 0 Å². The van der Waals surface area contributed by atoms with Crippen molar-refractivity contribution in [3.63, 3.8) is 0 Å². The van der Waals surface area contributed by atoms with Crippen molar-refractivity contribution < 1.29 is 17.7 Å². The van der Waals surface area contributed by atoms with Crippen LogP contribution < -0.4 is 15.2 Å². The van der Waals surface area contributed by atoms with Gasteiger partial charge in [-0.1, -0.05) is 5.16 Å². The summed E-state index contributed by atoms with van der Waals surface area (Å²) >= 11 is 0. The van der Waals surface area contributed by atoms with Gasteiger partial charge in [-0.3, -0.25) is 0 Å². The van der Waals surface area contributed by atoms with Gasteiger partial charge >= 0.3 is 0 Å². The molecule has 0 saturated carbocycles. The zero-order chi connectivity index (χ0) is 15.3. The molecule has 0 spiro atoms. The SMILES string of the molecule is CCOc1ccc(N)cc1S(=O)(=O)NCCc1ncno1. The molecule has 2 rings (SSSR count). The van der Waals surface area contributed by atoms with E-state index >= 15 is 0 Å². The summed E-state index contributed by atoms with van der Waals surface area (Å²) in [4.78, 5) is 3.82. The first-order valence-corrected chi connectivity index (χ1v) is 7.79. The molecule has 0 bridgehead atoms. The number of benzene rings is 1. The van der Waals surface area contributed by atoms with E-state index in [1.807, 2.05) is 0 Å². The lowest BCUT2D eigenvalue weighted by atomic mass is 10.3. The Kier molecular flexibility index (Phi) is 4.76. The third kappa shape index (κ3) is 3.92. The van der Waals surface area contributed by atoms with Crippen molar-refractivity contribution in [2.24, 2.45) is 0 Å². The fourth-order valence-electron chi connectivity index (χ4n) is 1.69. The molecule has 0 fully saturated rings. The number of anilines is 1. The quantitative estimate of drug-likeness (QED) is 0.717. The predicted molar refractivity (Wildman–Crippen MR) is 75.2 cm³/mol. The second-order valence-electron chi connectivity index (χ2n) is 4.12. The molecule has 3 N–H and O–H groups in total. The molecular weight excluding hydrogens is 296 g/mol. The van der Waals surface area contributed by atoms with Gasteiger partial charge in [0.1, 0.15) is 10.6 Å². The molecule has 2 aromatic rings. The molecule has 1 aromatic carbocycles. The van der Waals surface area contributed by atoms with Crippen LogP contribution in [0.15, 0.2) is 33.9 Å². The fourth-order valence-corrected chi connectivity index (χ4v) is 2.89. The summed E-state index contributed by atoms with van der Waals surface area (Å²) in [6.45, 7) is 2.26. The monoisotopic (exact) mass is 312 g/mol. The summed E-state index contributed by atoms with van der Waals surface area (Å²) in [7, 11) is -3.73. The molecule has 0 radical (unpaired) electrons. The molecule has 114 valence electrons. The van der Waals surface area contributed by atoms with Crippen molar-refractivity contribution in [3.05, 3.63) is 30.4 Å².